The number of rotatable bonds is 6. The minimum absolute atomic E-state index is 0.835. The van der Waals surface area contributed by atoms with Crippen molar-refractivity contribution in [2.24, 2.45) is 0 Å². The Morgan fingerprint density at radius 1 is 0.328 bits per heavy atom. The minimum Gasteiger partial charge on any atom is -0.456 e. The molecule has 0 aliphatic rings. The minimum atomic E-state index is 0.835. The Morgan fingerprint density at radius 3 is 1.76 bits per heavy atom. The first-order valence-corrected chi connectivity index (χ1v) is 19.7. The first-order valence-electron chi connectivity index (χ1n) is 19.7. The van der Waals surface area contributed by atoms with Crippen LogP contribution in [0.5, 0.6) is 0 Å². The summed E-state index contributed by atoms with van der Waals surface area (Å²) >= 11 is 0. The summed E-state index contributed by atoms with van der Waals surface area (Å²) in [6.07, 6.45) is 0. The van der Waals surface area contributed by atoms with Gasteiger partial charge in [-0.05, 0) is 107 Å². The van der Waals surface area contributed by atoms with Crippen LogP contribution < -0.4 is 4.90 Å². The SMILES string of the molecule is c1ccc(-c2ccc(N(c3ccc4c(c3)oc3ccccc34)c3cccc4oc5ccc(-c6ccc7c(c6)c6ccccc6n7-c6ccccc6)cc5c34)cc2)cc1. The van der Waals surface area contributed by atoms with Crippen LogP contribution in [0, 0.1) is 0 Å². The molecule has 0 N–H and O–H groups in total. The van der Waals surface area contributed by atoms with E-state index in [-0.39, 0.29) is 0 Å². The molecule has 3 aromatic heterocycles. The van der Waals surface area contributed by atoms with Crippen molar-refractivity contribution in [3.05, 3.63) is 206 Å². The molecule has 0 amide bonds. The third kappa shape index (κ3) is 5.09. The van der Waals surface area contributed by atoms with E-state index in [9.17, 15) is 0 Å². The van der Waals surface area contributed by atoms with Crippen molar-refractivity contribution in [2.45, 2.75) is 0 Å². The third-order valence-electron chi connectivity index (χ3n) is 11.6. The van der Waals surface area contributed by atoms with Crippen LogP contribution in [-0.2, 0) is 0 Å². The van der Waals surface area contributed by atoms with Crippen LogP contribution >= 0.6 is 0 Å². The van der Waals surface area contributed by atoms with Crippen molar-refractivity contribution in [1.82, 2.24) is 4.57 Å². The predicted octanol–water partition coefficient (Wildman–Crippen LogP) is 15.4. The number of hydrogen-bond acceptors (Lipinski definition) is 3. The van der Waals surface area contributed by atoms with Gasteiger partial charge in [-0.3, -0.25) is 0 Å². The van der Waals surface area contributed by atoms with Crippen LogP contribution in [-0.4, -0.2) is 4.57 Å². The van der Waals surface area contributed by atoms with Crippen molar-refractivity contribution in [3.8, 4) is 27.9 Å². The molecular formula is C54H34N2O2. The maximum Gasteiger partial charge on any atom is 0.137 e. The quantitative estimate of drug-likeness (QED) is 0.170. The van der Waals surface area contributed by atoms with Crippen LogP contribution in [0.3, 0.4) is 0 Å². The van der Waals surface area contributed by atoms with Crippen molar-refractivity contribution in [2.75, 3.05) is 4.90 Å². The standard InChI is InChI=1S/C54H34N2O2/c1-3-12-35(13-4-1)36-22-26-40(27-23-36)55(41-28-29-44-43-17-8-10-20-50(43)58-53(44)34-41)49-19-11-21-52-54(49)46-33-38(25-31-51(46)57-52)37-24-30-48-45(32-37)42-16-7-9-18-47(42)56(48)39-14-5-2-6-15-39/h1-34H. The molecule has 0 bridgehead atoms. The van der Waals surface area contributed by atoms with Gasteiger partial charge in [0.15, 0.2) is 0 Å². The Balaban J connectivity index is 1.04. The summed E-state index contributed by atoms with van der Waals surface area (Å²) in [4.78, 5) is 2.33. The zero-order valence-corrected chi connectivity index (χ0v) is 31.3. The Bertz CT molecular complexity index is 3500. The number of anilines is 3. The molecule has 272 valence electrons. The van der Waals surface area contributed by atoms with Crippen LogP contribution in [0.25, 0.3) is 93.6 Å². The van der Waals surface area contributed by atoms with E-state index in [1.807, 2.05) is 12.1 Å². The van der Waals surface area contributed by atoms with Gasteiger partial charge >= 0.3 is 0 Å². The Kier molecular flexibility index (Phi) is 7.20. The number of para-hydroxylation sites is 3. The van der Waals surface area contributed by atoms with Crippen LogP contribution in [0.2, 0.25) is 0 Å². The van der Waals surface area contributed by atoms with Crippen molar-refractivity contribution in [1.29, 1.82) is 0 Å². The lowest BCUT2D eigenvalue weighted by Gasteiger charge is -2.26. The Morgan fingerprint density at radius 2 is 0.914 bits per heavy atom. The second-order valence-electron chi connectivity index (χ2n) is 14.9. The van der Waals surface area contributed by atoms with Gasteiger partial charge in [0.05, 0.1) is 22.1 Å². The molecule has 58 heavy (non-hydrogen) atoms. The summed E-state index contributed by atoms with van der Waals surface area (Å²) in [5.41, 5.74) is 14.6. The smallest absolute Gasteiger partial charge is 0.137 e. The monoisotopic (exact) mass is 742 g/mol. The fraction of sp³-hybridized carbons (Fsp3) is 0. The molecule has 0 aliphatic heterocycles. The van der Waals surface area contributed by atoms with E-state index in [0.29, 0.717) is 0 Å². The fourth-order valence-electron chi connectivity index (χ4n) is 8.90. The topological polar surface area (TPSA) is 34.5 Å². The second-order valence-corrected chi connectivity index (χ2v) is 14.9. The van der Waals surface area contributed by atoms with Gasteiger partial charge in [0, 0.05) is 50.1 Å². The number of fused-ring (bicyclic) bond motifs is 9. The summed E-state index contributed by atoms with van der Waals surface area (Å²) < 4.78 is 15.4. The predicted molar refractivity (Wildman–Crippen MR) is 241 cm³/mol. The number of nitrogens with zero attached hydrogens (tertiary/aromatic N) is 2. The zero-order valence-electron chi connectivity index (χ0n) is 31.3. The lowest BCUT2D eigenvalue weighted by atomic mass is 9.99. The highest BCUT2D eigenvalue weighted by Crippen LogP contribution is 2.45. The lowest BCUT2D eigenvalue weighted by molar-refractivity contribution is 0.669. The van der Waals surface area contributed by atoms with Gasteiger partial charge in [0.1, 0.15) is 22.3 Å². The van der Waals surface area contributed by atoms with E-state index in [2.05, 4.69) is 204 Å². The van der Waals surface area contributed by atoms with Gasteiger partial charge in [-0.25, -0.2) is 0 Å². The van der Waals surface area contributed by atoms with Gasteiger partial charge in [0.2, 0.25) is 0 Å². The highest BCUT2D eigenvalue weighted by molar-refractivity contribution is 6.15. The molecule has 0 unspecified atom stereocenters. The van der Waals surface area contributed by atoms with E-state index in [1.165, 1.54) is 27.4 Å². The number of hydrogen-bond donors (Lipinski definition) is 0. The molecule has 0 saturated heterocycles. The molecule has 0 fully saturated rings. The van der Waals surface area contributed by atoms with Crippen LogP contribution in [0.15, 0.2) is 215 Å². The van der Waals surface area contributed by atoms with E-state index >= 15 is 0 Å². The summed E-state index contributed by atoms with van der Waals surface area (Å²) in [6, 6.07) is 73.2. The second kappa shape index (κ2) is 12.9. The maximum atomic E-state index is 6.62. The average Bonchev–Trinajstić information content (AvgIpc) is 3.96. The maximum absolute atomic E-state index is 6.62. The summed E-state index contributed by atoms with van der Waals surface area (Å²) in [6.45, 7) is 0. The highest BCUT2D eigenvalue weighted by Gasteiger charge is 2.22. The molecule has 12 rings (SSSR count). The number of benzene rings is 9. The summed E-state index contributed by atoms with van der Waals surface area (Å²) in [7, 11) is 0. The molecule has 0 aliphatic carbocycles. The zero-order chi connectivity index (χ0) is 38.2. The first-order chi connectivity index (χ1) is 28.7. The lowest BCUT2D eigenvalue weighted by Crippen LogP contribution is -2.10. The van der Waals surface area contributed by atoms with Crippen molar-refractivity contribution in [3.63, 3.8) is 0 Å². The average molecular weight is 743 g/mol. The first kappa shape index (κ1) is 32.4. The fourth-order valence-corrected chi connectivity index (χ4v) is 8.90. The molecule has 0 radical (unpaired) electrons. The van der Waals surface area contributed by atoms with E-state index in [1.54, 1.807) is 0 Å². The van der Waals surface area contributed by atoms with Gasteiger partial charge in [-0.2, -0.15) is 0 Å². The van der Waals surface area contributed by atoms with Crippen LogP contribution in [0.1, 0.15) is 0 Å². The van der Waals surface area contributed by atoms with Gasteiger partial charge in [0.25, 0.3) is 0 Å². The van der Waals surface area contributed by atoms with E-state index < -0.39 is 0 Å². The Hall–Kier alpha value is -7.82. The van der Waals surface area contributed by atoms with Gasteiger partial charge in [-0.15, -0.1) is 0 Å². The van der Waals surface area contributed by atoms with E-state index in [4.69, 9.17) is 8.83 Å². The molecule has 0 spiro atoms. The number of furan rings is 2. The normalized spacial score (nSPS) is 11.8. The molecule has 4 heteroatoms. The van der Waals surface area contributed by atoms with Gasteiger partial charge in [-0.1, -0.05) is 115 Å². The highest BCUT2D eigenvalue weighted by atomic mass is 16.3. The summed E-state index contributed by atoms with van der Waals surface area (Å²) in [5.74, 6) is 0. The molecule has 4 nitrogen and oxygen atoms in total. The molecular weight excluding hydrogens is 709 g/mol. The molecule has 3 heterocycles. The van der Waals surface area contributed by atoms with Crippen molar-refractivity contribution < 1.29 is 8.83 Å². The largest absolute Gasteiger partial charge is 0.456 e. The Labute approximate surface area is 334 Å². The molecule has 0 atom stereocenters. The van der Waals surface area contributed by atoms with Crippen LogP contribution in [0.4, 0.5) is 17.1 Å². The number of aromatic nitrogens is 1. The summed E-state index contributed by atoms with van der Waals surface area (Å²) in [5, 5.41) is 6.78. The van der Waals surface area contributed by atoms with E-state index in [0.717, 1.165) is 83.3 Å². The van der Waals surface area contributed by atoms with Gasteiger partial charge < -0.3 is 18.3 Å². The molecule has 9 aromatic carbocycles. The third-order valence-corrected chi connectivity index (χ3v) is 11.6. The van der Waals surface area contributed by atoms with Crippen molar-refractivity contribution >= 4 is 82.7 Å². The molecule has 12 aromatic rings. The molecule has 0 saturated carbocycles.